The quantitative estimate of drug-likeness (QED) is 0.526. The van der Waals surface area contributed by atoms with E-state index < -0.39 is 5.91 Å². The van der Waals surface area contributed by atoms with Gasteiger partial charge in [0.1, 0.15) is 17.4 Å². The number of carbonyl (C=O) groups is 1. The molecule has 0 saturated carbocycles. The molecule has 4 heteroatoms. The highest BCUT2D eigenvalue weighted by Crippen LogP contribution is 2.28. The zero-order valence-electron chi connectivity index (χ0n) is 16.4. The molecule has 140 valence electrons. The maximum absolute atomic E-state index is 12.7. The molecule has 0 saturated heterocycles. The fourth-order valence-corrected chi connectivity index (χ4v) is 2.72. The molecule has 0 aliphatic rings. The number of amides is 1. The average Bonchev–Trinajstić information content (AvgIpc) is 2.66. The van der Waals surface area contributed by atoms with E-state index in [9.17, 15) is 10.1 Å². The van der Waals surface area contributed by atoms with Gasteiger partial charge in [-0.25, -0.2) is 0 Å². The van der Waals surface area contributed by atoms with Gasteiger partial charge in [0.15, 0.2) is 0 Å². The fourth-order valence-electron chi connectivity index (χ4n) is 2.72. The summed E-state index contributed by atoms with van der Waals surface area (Å²) in [7, 11) is 0. The Morgan fingerprint density at radius 1 is 1.22 bits per heavy atom. The van der Waals surface area contributed by atoms with Crippen LogP contribution >= 0.6 is 0 Å². The van der Waals surface area contributed by atoms with E-state index in [1.165, 1.54) is 0 Å². The van der Waals surface area contributed by atoms with Crippen molar-refractivity contribution in [1.82, 2.24) is 0 Å². The second-order valence-electron chi connectivity index (χ2n) is 6.74. The standard InChI is InChI=1S/C23H26N2O2/c1-5-13-27-20-11-9-18(10-12-20)14-19(15-24)23(26)25-22-17(4)7-6-8-21(22)16(2)3/h6-12,14,16H,5,13H2,1-4H3,(H,25,26)/b19-14+. The van der Waals surface area contributed by atoms with Gasteiger partial charge in [0.25, 0.3) is 5.91 Å². The molecular formula is C23H26N2O2. The van der Waals surface area contributed by atoms with Crippen molar-refractivity contribution in [2.24, 2.45) is 0 Å². The SMILES string of the molecule is CCCOc1ccc(/C=C(\C#N)C(=O)Nc2c(C)cccc2C(C)C)cc1. The van der Waals surface area contributed by atoms with E-state index in [1.54, 1.807) is 6.08 Å². The number of ether oxygens (including phenoxy) is 1. The first kappa shape index (κ1) is 20.3. The Labute approximate surface area is 161 Å². The Morgan fingerprint density at radius 2 is 1.93 bits per heavy atom. The number of aryl methyl sites for hydroxylation is 1. The summed E-state index contributed by atoms with van der Waals surface area (Å²) in [4.78, 5) is 12.7. The number of benzene rings is 2. The molecule has 1 N–H and O–H groups in total. The van der Waals surface area contributed by atoms with Crippen LogP contribution in [0.4, 0.5) is 5.69 Å². The number of nitriles is 1. The van der Waals surface area contributed by atoms with Crippen molar-refractivity contribution in [1.29, 1.82) is 5.26 Å². The van der Waals surface area contributed by atoms with Gasteiger partial charge in [-0.1, -0.05) is 51.1 Å². The molecule has 0 aliphatic heterocycles. The van der Waals surface area contributed by atoms with Gasteiger partial charge in [0, 0.05) is 5.69 Å². The number of nitrogens with one attached hydrogen (secondary N) is 1. The van der Waals surface area contributed by atoms with Crippen LogP contribution in [0.25, 0.3) is 6.08 Å². The first-order valence-corrected chi connectivity index (χ1v) is 9.21. The molecule has 0 bridgehead atoms. The number of hydrogen-bond donors (Lipinski definition) is 1. The highest BCUT2D eigenvalue weighted by Gasteiger charge is 2.15. The molecule has 0 heterocycles. The zero-order chi connectivity index (χ0) is 19.8. The molecule has 27 heavy (non-hydrogen) atoms. The molecule has 2 aromatic carbocycles. The lowest BCUT2D eigenvalue weighted by Crippen LogP contribution is -2.16. The van der Waals surface area contributed by atoms with E-state index >= 15 is 0 Å². The van der Waals surface area contributed by atoms with Crippen molar-refractivity contribution in [3.05, 3.63) is 64.7 Å². The van der Waals surface area contributed by atoms with Gasteiger partial charge in [0.2, 0.25) is 0 Å². The summed E-state index contributed by atoms with van der Waals surface area (Å²) in [6, 6.07) is 15.3. The summed E-state index contributed by atoms with van der Waals surface area (Å²) in [5.41, 5.74) is 3.65. The maximum atomic E-state index is 12.7. The number of hydrogen-bond acceptors (Lipinski definition) is 3. The molecule has 0 atom stereocenters. The molecule has 0 fully saturated rings. The summed E-state index contributed by atoms with van der Waals surface area (Å²) in [6.45, 7) is 8.82. The van der Waals surface area contributed by atoms with Crippen LogP contribution in [0.1, 0.15) is 49.8 Å². The Hall–Kier alpha value is -3.06. The van der Waals surface area contributed by atoms with Crippen LogP contribution in [-0.2, 0) is 4.79 Å². The first-order valence-electron chi connectivity index (χ1n) is 9.21. The van der Waals surface area contributed by atoms with E-state index in [0.29, 0.717) is 6.61 Å². The third kappa shape index (κ3) is 5.46. The highest BCUT2D eigenvalue weighted by atomic mass is 16.5. The van der Waals surface area contributed by atoms with Crippen molar-refractivity contribution >= 4 is 17.7 Å². The third-order valence-corrected chi connectivity index (χ3v) is 4.19. The summed E-state index contributed by atoms with van der Waals surface area (Å²) < 4.78 is 5.55. The number of rotatable bonds is 7. The van der Waals surface area contributed by atoms with Crippen LogP contribution in [-0.4, -0.2) is 12.5 Å². The normalized spacial score (nSPS) is 11.2. The minimum absolute atomic E-state index is 0.0650. The zero-order valence-corrected chi connectivity index (χ0v) is 16.4. The van der Waals surface area contributed by atoms with Crippen LogP contribution in [0.15, 0.2) is 48.0 Å². The molecule has 1 amide bonds. The highest BCUT2D eigenvalue weighted by molar-refractivity contribution is 6.10. The van der Waals surface area contributed by atoms with E-state index in [-0.39, 0.29) is 11.5 Å². The monoisotopic (exact) mass is 362 g/mol. The van der Waals surface area contributed by atoms with Gasteiger partial charge in [-0.15, -0.1) is 0 Å². The molecule has 0 radical (unpaired) electrons. The molecule has 2 aromatic rings. The molecule has 0 aromatic heterocycles. The Morgan fingerprint density at radius 3 is 2.52 bits per heavy atom. The summed E-state index contributed by atoms with van der Waals surface area (Å²) >= 11 is 0. The third-order valence-electron chi connectivity index (χ3n) is 4.19. The van der Waals surface area contributed by atoms with Crippen molar-refractivity contribution in [2.75, 3.05) is 11.9 Å². The van der Waals surface area contributed by atoms with Crippen LogP contribution in [0.2, 0.25) is 0 Å². The predicted octanol–water partition coefficient (Wildman–Crippen LogP) is 5.45. The van der Waals surface area contributed by atoms with Crippen LogP contribution in [0.3, 0.4) is 0 Å². The summed E-state index contributed by atoms with van der Waals surface area (Å²) in [5.74, 6) is 0.642. The van der Waals surface area contributed by atoms with Gasteiger partial charge in [0.05, 0.1) is 6.61 Å². The Kier molecular flexibility index (Phi) is 7.19. The van der Waals surface area contributed by atoms with Crippen molar-refractivity contribution in [2.45, 2.75) is 40.0 Å². The van der Waals surface area contributed by atoms with Gasteiger partial charge in [-0.05, 0) is 54.2 Å². The average molecular weight is 362 g/mol. The molecular weight excluding hydrogens is 336 g/mol. The lowest BCUT2D eigenvalue weighted by Gasteiger charge is -2.16. The largest absolute Gasteiger partial charge is 0.494 e. The van der Waals surface area contributed by atoms with Gasteiger partial charge in [-0.2, -0.15) is 5.26 Å². The summed E-state index contributed by atoms with van der Waals surface area (Å²) in [6.07, 6.45) is 2.53. The number of anilines is 1. The molecule has 0 aliphatic carbocycles. The van der Waals surface area contributed by atoms with E-state index in [4.69, 9.17) is 4.74 Å². The molecule has 0 spiro atoms. The fraction of sp³-hybridized carbons (Fsp3) is 0.304. The molecule has 0 unspecified atom stereocenters. The van der Waals surface area contributed by atoms with Gasteiger partial charge < -0.3 is 10.1 Å². The van der Waals surface area contributed by atoms with Gasteiger partial charge in [-0.3, -0.25) is 4.79 Å². The predicted molar refractivity (Wildman–Crippen MR) is 110 cm³/mol. The number of para-hydroxylation sites is 1. The minimum Gasteiger partial charge on any atom is -0.494 e. The van der Waals surface area contributed by atoms with Crippen LogP contribution < -0.4 is 10.1 Å². The Balaban J connectivity index is 2.22. The number of nitrogens with zero attached hydrogens (tertiary/aromatic N) is 1. The van der Waals surface area contributed by atoms with Crippen LogP contribution in [0, 0.1) is 18.3 Å². The minimum atomic E-state index is -0.403. The van der Waals surface area contributed by atoms with Crippen molar-refractivity contribution in [3.8, 4) is 11.8 Å². The van der Waals surface area contributed by atoms with Crippen molar-refractivity contribution in [3.63, 3.8) is 0 Å². The van der Waals surface area contributed by atoms with Gasteiger partial charge >= 0.3 is 0 Å². The second kappa shape index (κ2) is 9.59. The molecule has 2 rings (SSSR count). The van der Waals surface area contributed by atoms with E-state index in [0.717, 1.165) is 34.5 Å². The van der Waals surface area contributed by atoms with E-state index in [1.807, 2.05) is 62.4 Å². The number of carbonyl (C=O) groups excluding carboxylic acids is 1. The lowest BCUT2D eigenvalue weighted by atomic mass is 9.98. The maximum Gasteiger partial charge on any atom is 0.266 e. The lowest BCUT2D eigenvalue weighted by molar-refractivity contribution is -0.112. The Bertz CT molecular complexity index is 859. The first-order chi connectivity index (χ1) is 13.0. The second-order valence-corrected chi connectivity index (χ2v) is 6.74. The van der Waals surface area contributed by atoms with E-state index in [2.05, 4.69) is 19.2 Å². The smallest absolute Gasteiger partial charge is 0.266 e. The van der Waals surface area contributed by atoms with Crippen molar-refractivity contribution < 1.29 is 9.53 Å². The molecule has 4 nitrogen and oxygen atoms in total. The topological polar surface area (TPSA) is 62.1 Å². The van der Waals surface area contributed by atoms with Crippen LogP contribution in [0.5, 0.6) is 5.75 Å². The summed E-state index contributed by atoms with van der Waals surface area (Å²) in [5, 5.41) is 12.4.